The van der Waals surface area contributed by atoms with Crippen molar-refractivity contribution in [1.29, 1.82) is 0 Å². The summed E-state index contributed by atoms with van der Waals surface area (Å²) < 4.78 is 5.35. The maximum absolute atomic E-state index is 14.7. The van der Waals surface area contributed by atoms with Gasteiger partial charge in [-0.25, -0.2) is 9.59 Å². The van der Waals surface area contributed by atoms with Crippen molar-refractivity contribution in [3.63, 3.8) is 0 Å². The first-order chi connectivity index (χ1) is 22.9. The van der Waals surface area contributed by atoms with Crippen LogP contribution < -0.4 is 26.6 Å². The summed E-state index contributed by atoms with van der Waals surface area (Å²) in [4.78, 5) is 81.5. The molecule has 6 amide bonds. The number of urea groups is 1. The van der Waals surface area contributed by atoms with Gasteiger partial charge < -0.3 is 36.2 Å². The van der Waals surface area contributed by atoms with Crippen molar-refractivity contribution in [3.8, 4) is 12.3 Å². The molecule has 2 aliphatic carbocycles. The first-order valence-electron chi connectivity index (χ1n) is 17.8. The van der Waals surface area contributed by atoms with Crippen molar-refractivity contribution >= 4 is 35.6 Å². The maximum Gasteiger partial charge on any atom is 0.407 e. The molecule has 49 heavy (non-hydrogen) atoms. The molecule has 4 unspecified atom stereocenters. The fourth-order valence-corrected chi connectivity index (χ4v) is 7.51. The van der Waals surface area contributed by atoms with Crippen LogP contribution >= 0.6 is 0 Å². The average Bonchev–Trinajstić information content (AvgIpc) is 3.33. The fourth-order valence-electron chi connectivity index (χ4n) is 7.51. The quantitative estimate of drug-likeness (QED) is 0.138. The van der Waals surface area contributed by atoms with Gasteiger partial charge in [-0.2, -0.15) is 0 Å². The summed E-state index contributed by atoms with van der Waals surface area (Å²) in [6, 6.07) is -4.11. The van der Waals surface area contributed by atoms with E-state index in [0.717, 1.165) is 19.3 Å². The zero-order valence-electron chi connectivity index (χ0n) is 30.6. The Kier molecular flexibility index (Phi) is 13.1. The van der Waals surface area contributed by atoms with E-state index in [2.05, 4.69) is 46.4 Å². The van der Waals surface area contributed by atoms with Gasteiger partial charge in [0.1, 0.15) is 18.7 Å². The van der Waals surface area contributed by atoms with Crippen molar-refractivity contribution in [2.75, 3.05) is 26.2 Å². The predicted molar refractivity (Wildman–Crippen MR) is 185 cm³/mol. The maximum atomic E-state index is 14.7. The molecule has 0 radical (unpaired) electrons. The standard InChI is InChI=1S/C36H58N6O7/c1-10-13-17-23(27(43)30(45)37-11-2)39-29(44)26-25-22(35(25,7)8)20-42(26)31(46)28(36(9)18-15-14-16-19-36)41-32(47)40-24(34(4,5)6)21-49-33(48)38-12-3/h1,22-26,28H,11-21H2,2-9H3,(H,37,45)(H,38,48)(H,39,44)(H2,40,41,47)/t22-,23?,24?,25-,26?,28?/m0/s1. The lowest BCUT2D eigenvalue weighted by Crippen LogP contribution is -2.63. The lowest BCUT2D eigenvalue weighted by Gasteiger charge is -2.43. The van der Waals surface area contributed by atoms with E-state index in [1.807, 2.05) is 27.7 Å². The number of likely N-dealkylation sites (N-methyl/N-ethyl adjacent to an activating group) is 1. The van der Waals surface area contributed by atoms with Crippen LogP contribution in [-0.4, -0.2) is 90.9 Å². The summed E-state index contributed by atoms with van der Waals surface area (Å²) in [6.45, 7) is 16.2. The van der Waals surface area contributed by atoms with Crippen LogP contribution in [0.1, 0.15) is 100 Å². The molecule has 5 N–H and O–H groups in total. The summed E-state index contributed by atoms with van der Waals surface area (Å²) >= 11 is 0. The predicted octanol–water partition coefficient (Wildman–Crippen LogP) is 2.87. The summed E-state index contributed by atoms with van der Waals surface area (Å²) in [5.41, 5.74) is -1.27. The monoisotopic (exact) mass is 686 g/mol. The number of ketones is 1. The Morgan fingerprint density at radius 2 is 1.57 bits per heavy atom. The van der Waals surface area contributed by atoms with Crippen LogP contribution in [-0.2, 0) is 23.9 Å². The molecule has 0 aromatic rings. The van der Waals surface area contributed by atoms with Crippen LogP contribution in [0, 0.1) is 40.4 Å². The van der Waals surface area contributed by atoms with Gasteiger partial charge in [0.2, 0.25) is 17.6 Å². The SMILES string of the molecule is C#CCCC(NC(=O)C1[C@@H]2[C@H](CN1C(=O)C(NC(=O)NC(COC(=O)NCC)C(C)(C)C)C1(C)CCCCC1)C2(C)C)C(=O)C(=O)NCC. The number of terminal acetylenes is 1. The summed E-state index contributed by atoms with van der Waals surface area (Å²) in [5.74, 6) is -0.104. The Labute approximate surface area is 291 Å². The zero-order chi connectivity index (χ0) is 36.7. The number of hydrogen-bond acceptors (Lipinski definition) is 7. The third kappa shape index (κ3) is 9.45. The van der Waals surface area contributed by atoms with Crippen LogP contribution in [0.5, 0.6) is 0 Å². The Morgan fingerprint density at radius 1 is 0.939 bits per heavy atom. The number of rotatable bonds is 14. The van der Waals surface area contributed by atoms with Gasteiger partial charge in [-0.3, -0.25) is 19.2 Å². The van der Waals surface area contributed by atoms with Gasteiger partial charge in [-0.15, -0.1) is 12.3 Å². The third-order valence-electron chi connectivity index (χ3n) is 10.8. The second-order valence-electron chi connectivity index (χ2n) is 15.7. The number of alkyl carbamates (subject to hydrolysis) is 1. The summed E-state index contributed by atoms with van der Waals surface area (Å²) in [5, 5.41) is 13.8. The molecule has 1 saturated heterocycles. The molecule has 1 heterocycles. The molecule has 0 spiro atoms. The first kappa shape index (κ1) is 39.6. The van der Waals surface area contributed by atoms with Gasteiger partial charge in [0.25, 0.3) is 5.91 Å². The minimum Gasteiger partial charge on any atom is -0.447 e. The van der Waals surface area contributed by atoms with Gasteiger partial charge in [-0.05, 0) is 61.2 Å². The van der Waals surface area contributed by atoms with Crippen molar-refractivity contribution in [3.05, 3.63) is 0 Å². The Balaban J connectivity index is 1.89. The normalized spacial score (nSPS) is 23.7. The smallest absolute Gasteiger partial charge is 0.407 e. The van der Waals surface area contributed by atoms with E-state index in [1.165, 1.54) is 0 Å². The van der Waals surface area contributed by atoms with Gasteiger partial charge >= 0.3 is 12.1 Å². The highest BCUT2D eigenvalue weighted by atomic mass is 16.5. The van der Waals surface area contributed by atoms with E-state index >= 15 is 0 Å². The molecule has 0 bridgehead atoms. The van der Waals surface area contributed by atoms with E-state index in [9.17, 15) is 28.8 Å². The molecule has 3 aliphatic rings. The summed E-state index contributed by atoms with van der Waals surface area (Å²) in [7, 11) is 0. The topological polar surface area (TPSA) is 175 Å². The van der Waals surface area contributed by atoms with Crippen molar-refractivity contribution in [2.24, 2.45) is 28.1 Å². The first-order valence-corrected chi connectivity index (χ1v) is 17.8. The zero-order valence-corrected chi connectivity index (χ0v) is 30.6. The minimum absolute atomic E-state index is 0.0563. The third-order valence-corrected chi connectivity index (χ3v) is 10.8. The van der Waals surface area contributed by atoms with Crippen LogP contribution in [0.25, 0.3) is 0 Å². The number of amides is 6. The van der Waals surface area contributed by atoms with Gasteiger partial charge in [0.15, 0.2) is 0 Å². The number of nitrogens with one attached hydrogen (secondary N) is 5. The second kappa shape index (κ2) is 16.3. The Hall–Kier alpha value is -3.82. The highest BCUT2D eigenvalue weighted by Crippen LogP contribution is 2.65. The lowest BCUT2D eigenvalue weighted by molar-refractivity contribution is -0.146. The molecule has 13 heteroatoms. The van der Waals surface area contributed by atoms with Crippen LogP contribution in [0.15, 0.2) is 0 Å². The molecule has 6 atom stereocenters. The molecule has 274 valence electrons. The average molecular weight is 687 g/mol. The molecular weight excluding hydrogens is 628 g/mol. The number of ether oxygens (including phenoxy) is 1. The van der Waals surface area contributed by atoms with E-state index < -0.39 is 64.7 Å². The molecule has 13 nitrogen and oxygen atoms in total. The van der Waals surface area contributed by atoms with E-state index in [1.54, 1.807) is 18.7 Å². The molecule has 2 saturated carbocycles. The molecule has 3 rings (SSSR count). The number of carbonyl (C=O) groups is 6. The van der Waals surface area contributed by atoms with E-state index in [0.29, 0.717) is 25.9 Å². The number of likely N-dealkylation sites (tertiary alicyclic amines) is 1. The number of piperidine rings is 1. The summed E-state index contributed by atoms with van der Waals surface area (Å²) in [6.07, 6.45) is 9.36. The van der Waals surface area contributed by atoms with Crippen molar-refractivity contribution in [2.45, 2.75) is 125 Å². The van der Waals surface area contributed by atoms with E-state index in [-0.39, 0.29) is 49.2 Å². The van der Waals surface area contributed by atoms with Crippen LogP contribution in [0.4, 0.5) is 9.59 Å². The molecule has 0 aromatic carbocycles. The van der Waals surface area contributed by atoms with Crippen LogP contribution in [0.3, 0.4) is 0 Å². The molecular formula is C36H58N6O7. The number of carbonyl (C=O) groups excluding carboxylic acids is 6. The number of Topliss-reactive ketones (excluding diaryl/α,β-unsaturated/α-hetero) is 1. The van der Waals surface area contributed by atoms with Gasteiger partial charge in [0.05, 0.1) is 12.1 Å². The molecule has 1 aliphatic heterocycles. The van der Waals surface area contributed by atoms with Crippen LogP contribution in [0.2, 0.25) is 0 Å². The Bertz CT molecular complexity index is 1300. The van der Waals surface area contributed by atoms with Gasteiger partial charge in [0, 0.05) is 26.1 Å². The fraction of sp³-hybridized carbons (Fsp3) is 0.778. The van der Waals surface area contributed by atoms with E-state index in [4.69, 9.17) is 11.2 Å². The molecule has 3 fully saturated rings. The number of nitrogens with zero attached hydrogens (tertiary/aromatic N) is 1. The molecule has 0 aromatic heterocycles. The Morgan fingerprint density at radius 3 is 2.14 bits per heavy atom. The van der Waals surface area contributed by atoms with Crippen molar-refractivity contribution < 1.29 is 33.5 Å². The second-order valence-corrected chi connectivity index (χ2v) is 15.7. The highest BCUT2D eigenvalue weighted by molar-refractivity contribution is 6.38. The minimum atomic E-state index is -1.14. The van der Waals surface area contributed by atoms with Gasteiger partial charge in [-0.1, -0.05) is 60.8 Å². The lowest BCUT2D eigenvalue weighted by atomic mass is 9.70. The number of hydrogen-bond donors (Lipinski definition) is 5. The van der Waals surface area contributed by atoms with Crippen molar-refractivity contribution in [1.82, 2.24) is 31.5 Å². The highest BCUT2D eigenvalue weighted by Gasteiger charge is 2.70. The largest absolute Gasteiger partial charge is 0.447 e. The number of fused-ring (bicyclic) bond motifs is 1.